The summed E-state index contributed by atoms with van der Waals surface area (Å²) in [5.41, 5.74) is 2.04. The number of hydrogen-bond donors (Lipinski definition) is 1. The van der Waals surface area contributed by atoms with Crippen LogP contribution in [-0.2, 0) is 0 Å². The lowest BCUT2D eigenvalue weighted by Gasteiger charge is -2.19. The number of para-hydroxylation sites is 1. The predicted octanol–water partition coefficient (Wildman–Crippen LogP) is 3.62. The molecule has 2 unspecified atom stereocenters. The number of hydrogen-bond acceptors (Lipinski definition) is 3. The Morgan fingerprint density at radius 2 is 2.10 bits per heavy atom. The fourth-order valence-electron chi connectivity index (χ4n) is 2.65. The largest absolute Gasteiger partial charge is 0.494 e. The Kier molecular flexibility index (Phi) is 3.80. The van der Waals surface area contributed by atoms with Gasteiger partial charge in [0.15, 0.2) is 11.6 Å². The van der Waals surface area contributed by atoms with Crippen LogP contribution in [0.4, 0.5) is 4.39 Å². The van der Waals surface area contributed by atoms with Crippen LogP contribution in [-0.4, -0.2) is 13.7 Å². The first-order valence-corrected chi connectivity index (χ1v) is 7.00. The molecule has 0 fully saturated rings. The maximum absolute atomic E-state index is 13.8. The summed E-state index contributed by atoms with van der Waals surface area (Å²) < 4.78 is 24.4. The number of benzene rings is 2. The minimum atomic E-state index is -0.341. The molecule has 0 saturated heterocycles. The third kappa shape index (κ3) is 2.72. The lowest BCUT2D eigenvalue weighted by molar-refractivity contribution is 0.300. The highest BCUT2D eigenvalue weighted by molar-refractivity contribution is 5.39. The summed E-state index contributed by atoms with van der Waals surface area (Å²) in [6.07, 6.45) is 0. The van der Waals surface area contributed by atoms with Gasteiger partial charge in [-0.3, -0.25) is 0 Å². The summed E-state index contributed by atoms with van der Waals surface area (Å²) in [7, 11) is 1.46. The molecule has 4 heteroatoms. The molecule has 0 spiro atoms. The van der Waals surface area contributed by atoms with Gasteiger partial charge in [-0.05, 0) is 30.7 Å². The fraction of sp³-hybridized carbons (Fsp3) is 0.294. The molecule has 21 heavy (non-hydrogen) atoms. The molecule has 2 aromatic carbocycles. The molecule has 3 rings (SSSR count). The van der Waals surface area contributed by atoms with Crippen molar-refractivity contribution in [2.24, 2.45) is 0 Å². The van der Waals surface area contributed by atoms with E-state index >= 15 is 0 Å². The zero-order valence-electron chi connectivity index (χ0n) is 12.1. The van der Waals surface area contributed by atoms with Crippen LogP contribution in [0.2, 0.25) is 0 Å². The molecule has 110 valence electrons. The standard InChI is InChI=1S/C17H18FNO2/c1-11(12-7-8-17(20-2)14(18)9-12)19-15-10-21-16-6-4-3-5-13(15)16/h3-9,11,15,19H,10H2,1-2H3. The summed E-state index contributed by atoms with van der Waals surface area (Å²) in [5, 5.41) is 3.48. The fourth-order valence-corrected chi connectivity index (χ4v) is 2.65. The summed E-state index contributed by atoms with van der Waals surface area (Å²) in [6, 6.07) is 13.2. The molecule has 0 amide bonds. The number of ether oxygens (including phenoxy) is 2. The molecule has 1 aliphatic heterocycles. The minimum absolute atomic E-state index is 0.0187. The van der Waals surface area contributed by atoms with Crippen molar-refractivity contribution in [3.8, 4) is 11.5 Å². The number of fused-ring (bicyclic) bond motifs is 1. The maximum atomic E-state index is 13.8. The molecule has 1 heterocycles. The van der Waals surface area contributed by atoms with E-state index in [1.807, 2.05) is 31.2 Å². The Hall–Kier alpha value is -2.07. The molecule has 0 saturated carbocycles. The second kappa shape index (κ2) is 5.74. The molecular weight excluding hydrogens is 269 g/mol. The Balaban J connectivity index is 1.75. The third-order valence-corrected chi connectivity index (χ3v) is 3.83. The monoisotopic (exact) mass is 287 g/mol. The van der Waals surface area contributed by atoms with Crippen LogP contribution >= 0.6 is 0 Å². The highest BCUT2D eigenvalue weighted by atomic mass is 19.1. The molecule has 0 aliphatic carbocycles. The lowest BCUT2D eigenvalue weighted by Crippen LogP contribution is -2.25. The van der Waals surface area contributed by atoms with Crippen LogP contribution in [0.25, 0.3) is 0 Å². The molecule has 3 nitrogen and oxygen atoms in total. The van der Waals surface area contributed by atoms with Crippen molar-refractivity contribution in [3.63, 3.8) is 0 Å². The highest BCUT2D eigenvalue weighted by Crippen LogP contribution is 2.33. The highest BCUT2D eigenvalue weighted by Gasteiger charge is 2.25. The van der Waals surface area contributed by atoms with Crippen LogP contribution < -0.4 is 14.8 Å². The average molecular weight is 287 g/mol. The first-order valence-electron chi connectivity index (χ1n) is 7.00. The third-order valence-electron chi connectivity index (χ3n) is 3.83. The van der Waals surface area contributed by atoms with Gasteiger partial charge in [0, 0.05) is 11.6 Å². The van der Waals surface area contributed by atoms with Crippen molar-refractivity contribution in [2.75, 3.05) is 13.7 Å². The smallest absolute Gasteiger partial charge is 0.165 e. The molecule has 0 aromatic heterocycles. The van der Waals surface area contributed by atoms with Gasteiger partial charge in [0.05, 0.1) is 13.2 Å². The van der Waals surface area contributed by atoms with E-state index in [4.69, 9.17) is 9.47 Å². The van der Waals surface area contributed by atoms with E-state index in [0.717, 1.165) is 16.9 Å². The Morgan fingerprint density at radius 3 is 2.86 bits per heavy atom. The second-order valence-corrected chi connectivity index (χ2v) is 5.18. The van der Waals surface area contributed by atoms with Gasteiger partial charge in [0.1, 0.15) is 12.4 Å². The van der Waals surface area contributed by atoms with Crippen molar-refractivity contribution < 1.29 is 13.9 Å². The van der Waals surface area contributed by atoms with Gasteiger partial charge in [-0.2, -0.15) is 0 Å². The van der Waals surface area contributed by atoms with Gasteiger partial charge >= 0.3 is 0 Å². The van der Waals surface area contributed by atoms with E-state index in [9.17, 15) is 4.39 Å². The van der Waals surface area contributed by atoms with Gasteiger partial charge in [-0.25, -0.2) is 4.39 Å². The molecule has 1 N–H and O–H groups in total. The van der Waals surface area contributed by atoms with E-state index in [1.54, 1.807) is 6.07 Å². The average Bonchev–Trinajstić information content (AvgIpc) is 2.90. The van der Waals surface area contributed by atoms with Gasteiger partial charge in [-0.15, -0.1) is 0 Å². The van der Waals surface area contributed by atoms with Crippen molar-refractivity contribution in [2.45, 2.75) is 19.0 Å². The second-order valence-electron chi connectivity index (χ2n) is 5.18. The molecular formula is C17H18FNO2. The van der Waals surface area contributed by atoms with Crippen LogP contribution in [0.3, 0.4) is 0 Å². The van der Waals surface area contributed by atoms with Gasteiger partial charge in [0.25, 0.3) is 0 Å². The van der Waals surface area contributed by atoms with Crippen molar-refractivity contribution >= 4 is 0 Å². The Morgan fingerprint density at radius 1 is 1.29 bits per heavy atom. The van der Waals surface area contributed by atoms with E-state index in [-0.39, 0.29) is 23.7 Å². The van der Waals surface area contributed by atoms with Crippen molar-refractivity contribution in [3.05, 3.63) is 59.4 Å². The number of rotatable bonds is 4. The van der Waals surface area contributed by atoms with E-state index in [2.05, 4.69) is 11.4 Å². The summed E-state index contributed by atoms with van der Waals surface area (Å²) in [5.74, 6) is 0.843. The maximum Gasteiger partial charge on any atom is 0.165 e. The molecule has 2 aromatic rings. The topological polar surface area (TPSA) is 30.5 Å². The first kappa shape index (κ1) is 13.9. The van der Waals surface area contributed by atoms with Crippen LogP contribution in [0, 0.1) is 5.82 Å². The van der Waals surface area contributed by atoms with Crippen molar-refractivity contribution in [1.82, 2.24) is 5.32 Å². The van der Waals surface area contributed by atoms with Crippen molar-refractivity contribution in [1.29, 1.82) is 0 Å². The van der Waals surface area contributed by atoms with Crippen LogP contribution in [0.5, 0.6) is 11.5 Å². The first-order chi connectivity index (χ1) is 10.2. The normalized spacial score (nSPS) is 18.0. The number of nitrogens with one attached hydrogen (secondary N) is 1. The lowest BCUT2D eigenvalue weighted by atomic mass is 10.0. The quantitative estimate of drug-likeness (QED) is 0.931. The number of methoxy groups -OCH3 is 1. The zero-order valence-corrected chi connectivity index (χ0v) is 12.1. The van der Waals surface area contributed by atoms with Gasteiger partial charge < -0.3 is 14.8 Å². The predicted molar refractivity (Wildman–Crippen MR) is 79.2 cm³/mol. The molecule has 0 bridgehead atoms. The SMILES string of the molecule is COc1ccc(C(C)NC2COc3ccccc32)cc1F. The van der Waals surface area contributed by atoms with Gasteiger partial charge in [-0.1, -0.05) is 24.3 Å². The Bertz CT molecular complexity index is 644. The molecule has 0 radical (unpaired) electrons. The van der Waals surface area contributed by atoms with E-state index in [1.165, 1.54) is 13.2 Å². The molecule has 1 aliphatic rings. The number of halogens is 1. The Labute approximate surface area is 123 Å². The molecule has 2 atom stereocenters. The minimum Gasteiger partial charge on any atom is -0.494 e. The van der Waals surface area contributed by atoms with Crippen LogP contribution in [0.15, 0.2) is 42.5 Å². The summed E-state index contributed by atoms with van der Waals surface area (Å²) in [6.45, 7) is 2.62. The van der Waals surface area contributed by atoms with Gasteiger partial charge in [0.2, 0.25) is 0 Å². The van der Waals surface area contributed by atoms with E-state index in [0.29, 0.717) is 6.61 Å². The zero-order chi connectivity index (χ0) is 14.8. The summed E-state index contributed by atoms with van der Waals surface area (Å²) in [4.78, 5) is 0. The summed E-state index contributed by atoms with van der Waals surface area (Å²) >= 11 is 0. The van der Waals surface area contributed by atoms with E-state index < -0.39 is 0 Å². The van der Waals surface area contributed by atoms with Crippen LogP contribution in [0.1, 0.15) is 30.1 Å².